The zero-order chi connectivity index (χ0) is 20.8. The number of halogens is 1. The third kappa shape index (κ3) is 5.76. The molecule has 0 radical (unpaired) electrons. The Bertz CT molecular complexity index is 833. The van der Waals surface area contributed by atoms with Crippen LogP contribution in [0.5, 0.6) is 0 Å². The number of hydrogen-bond acceptors (Lipinski definition) is 5. The zero-order valence-electron chi connectivity index (χ0n) is 16.8. The van der Waals surface area contributed by atoms with Gasteiger partial charge in [0.15, 0.2) is 0 Å². The molecule has 1 aromatic carbocycles. The van der Waals surface area contributed by atoms with Crippen molar-refractivity contribution in [3.05, 3.63) is 29.3 Å². The summed E-state index contributed by atoms with van der Waals surface area (Å²) in [7, 11) is 0. The van der Waals surface area contributed by atoms with Gasteiger partial charge in [-0.15, -0.1) is 10.2 Å². The molecule has 0 saturated heterocycles. The molecule has 0 aliphatic heterocycles. The summed E-state index contributed by atoms with van der Waals surface area (Å²) in [6, 6.07) is 6.71. The molecule has 156 valence electrons. The fourth-order valence-electron chi connectivity index (χ4n) is 3.50. The summed E-state index contributed by atoms with van der Waals surface area (Å²) < 4.78 is 0. The number of nitrogens with zero attached hydrogens (tertiary/aromatic N) is 2. The van der Waals surface area contributed by atoms with Gasteiger partial charge < -0.3 is 5.32 Å². The third-order valence-electron chi connectivity index (χ3n) is 5.52. The number of aromatic nitrogens is 2. The van der Waals surface area contributed by atoms with Gasteiger partial charge in [-0.05, 0) is 30.9 Å². The van der Waals surface area contributed by atoms with Crippen LogP contribution in [0, 0.1) is 11.8 Å². The Balaban J connectivity index is 1.66. The Morgan fingerprint density at radius 1 is 1.17 bits per heavy atom. The van der Waals surface area contributed by atoms with E-state index >= 15 is 0 Å². The van der Waals surface area contributed by atoms with Crippen molar-refractivity contribution in [2.75, 3.05) is 5.32 Å². The molecule has 1 fully saturated rings. The number of nitrogens with one attached hydrogen (secondary N) is 2. The van der Waals surface area contributed by atoms with Gasteiger partial charge in [-0.25, -0.2) is 0 Å². The van der Waals surface area contributed by atoms with Crippen molar-refractivity contribution in [1.82, 2.24) is 15.5 Å². The molecule has 0 spiro atoms. The molecule has 2 unspecified atom stereocenters. The highest BCUT2D eigenvalue weighted by Gasteiger charge is 2.30. The minimum absolute atomic E-state index is 0.00994. The Hall–Kier alpha value is -1.99. The zero-order valence-corrected chi connectivity index (χ0v) is 18.4. The average Bonchev–Trinajstić information content (AvgIpc) is 3.20. The van der Waals surface area contributed by atoms with E-state index < -0.39 is 6.04 Å². The molecule has 0 bridgehead atoms. The van der Waals surface area contributed by atoms with E-state index in [2.05, 4.69) is 20.8 Å². The van der Waals surface area contributed by atoms with E-state index in [-0.39, 0.29) is 23.7 Å². The first kappa shape index (κ1) is 21.7. The lowest BCUT2D eigenvalue weighted by Gasteiger charge is -2.27. The molecule has 1 heterocycles. The van der Waals surface area contributed by atoms with Gasteiger partial charge in [-0.3, -0.25) is 14.9 Å². The highest BCUT2D eigenvalue weighted by atomic mass is 35.5. The summed E-state index contributed by atoms with van der Waals surface area (Å²) in [4.78, 5) is 25.6. The lowest BCUT2D eigenvalue weighted by molar-refractivity contribution is -0.130. The Kier molecular flexibility index (Phi) is 7.61. The van der Waals surface area contributed by atoms with Crippen LogP contribution in [0.4, 0.5) is 5.13 Å². The van der Waals surface area contributed by atoms with Crippen molar-refractivity contribution < 1.29 is 9.59 Å². The predicted molar refractivity (Wildman–Crippen MR) is 117 cm³/mol. The van der Waals surface area contributed by atoms with Crippen LogP contribution in [0.3, 0.4) is 0 Å². The lowest BCUT2D eigenvalue weighted by atomic mass is 9.88. The first-order valence-corrected chi connectivity index (χ1v) is 11.4. The van der Waals surface area contributed by atoms with Gasteiger partial charge in [0.1, 0.15) is 11.0 Å². The summed E-state index contributed by atoms with van der Waals surface area (Å²) >= 11 is 7.22. The number of benzene rings is 1. The number of amides is 2. The predicted octanol–water partition coefficient (Wildman–Crippen LogP) is 4.91. The Labute approximate surface area is 180 Å². The van der Waals surface area contributed by atoms with Gasteiger partial charge in [0.05, 0.1) is 0 Å². The fraction of sp³-hybridized carbons (Fsp3) is 0.524. The van der Waals surface area contributed by atoms with Crippen LogP contribution < -0.4 is 10.6 Å². The minimum atomic E-state index is -0.586. The third-order valence-corrected chi connectivity index (χ3v) is 6.66. The SMILES string of the molecule is CCC(C)C(NC(=O)C1CCCCC1)C(=O)Nc1nnc(-c2ccc(Cl)cc2)s1. The van der Waals surface area contributed by atoms with Crippen LogP contribution in [-0.2, 0) is 9.59 Å². The molecule has 6 nitrogen and oxygen atoms in total. The van der Waals surface area contributed by atoms with Crippen molar-refractivity contribution in [2.45, 2.75) is 58.4 Å². The molecule has 2 atom stereocenters. The van der Waals surface area contributed by atoms with Crippen molar-refractivity contribution in [3.63, 3.8) is 0 Å². The topological polar surface area (TPSA) is 84.0 Å². The van der Waals surface area contributed by atoms with Crippen LogP contribution >= 0.6 is 22.9 Å². The smallest absolute Gasteiger partial charge is 0.249 e. The van der Waals surface area contributed by atoms with E-state index in [4.69, 9.17) is 11.6 Å². The van der Waals surface area contributed by atoms with Crippen LogP contribution in [0.25, 0.3) is 10.6 Å². The van der Waals surface area contributed by atoms with E-state index in [1.165, 1.54) is 17.8 Å². The highest BCUT2D eigenvalue weighted by molar-refractivity contribution is 7.18. The maximum absolute atomic E-state index is 12.9. The van der Waals surface area contributed by atoms with E-state index in [9.17, 15) is 9.59 Å². The molecule has 2 amide bonds. The largest absolute Gasteiger partial charge is 0.344 e. The van der Waals surface area contributed by atoms with Crippen LogP contribution in [-0.4, -0.2) is 28.1 Å². The molecule has 1 saturated carbocycles. The Morgan fingerprint density at radius 2 is 1.86 bits per heavy atom. The quantitative estimate of drug-likeness (QED) is 0.648. The van der Waals surface area contributed by atoms with E-state index in [1.54, 1.807) is 12.1 Å². The van der Waals surface area contributed by atoms with E-state index in [0.29, 0.717) is 15.2 Å². The van der Waals surface area contributed by atoms with Gasteiger partial charge in [0.2, 0.25) is 16.9 Å². The van der Waals surface area contributed by atoms with Gasteiger partial charge in [0, 0.05) is 16.5 Å². The van der Waals surface area contributed by atoms with Gasteiger partial charge in [0.25, 0.3) is 0 Å². The van der Waals surface area contributed by atoms with E-state index in [0.717, 1.165) is 37.7 Å². The number of anilines is 1. The summed E-state index contributed by atoms with van der Waals surface area (Å²) in [6.07, 6.45) is 5.94. The second-order valence-electron chi connectivity index (χ2n) is 7.62. The maximum Gasteiger partial charge on any atom is 0.249 e. The molecule has 1 aliphatic rings. The molecule has 8 heteroatoms. The van der Waals surface area contributed by atoms with Gasteiger partial charge >= 0.3 is 0 Å². The molecule has 3 rings (SSSR count). The van der Waals surface area contributed by atoms with Crippen LogP contribution in [0.15, 0.2) is 24.3 Å². The first-order chi connectivity index (χ1) is 14.0. The van der Waals surface area contributed by atoms with Crippen molar-refractivity contribution in [1.29, 1.82) is 0 Å². The summed E-state index contributed by atoms with van der Waals surface area (Å²) in [6.45, 7) is 3.99. The van der Waals surface area contributed by atoms with Crippen LogP contribution in [0.1, 0.15) is 52.4 Å². The Morgan fingerprint density at radius 3 is 2.52 bits per heavy atom. The van der Waals surface area contributed by atoms with Crippen molar-refractivity contribution in [3.8, 4) is 10.6 Å². The molecular formula is C21H27ClN4O2S. The lowest BCUT2D eigenvalue weighted by Crippen LogP contribution is -2.49. The summed E-state index contributed by atoms with van der Waals surface area (Å²) in [5.74, 6) is -0.223. The molecule has 2 aromatic rings. The number of carbonyl (C=O) groups excluding carboxylic acids is 2. The van der Waals surface area contributed by atoms with Gasteiger partial charge in [-0.2, -0.15) is 0 Å². The minimum Gasteiger partial charge on any atom is -0.344 e. The first-order valence-electron chi connectivity index (χ1n) is 10.2. The number of hydrogen-bond donors (Lipinski definition) is 2. The highest BCUT2D eigenvalue weighted by Crippen LogP contribution is 2.28. The molecule has 1 aromatic heterocycles. The fourth-order valence-corrected chi connectivity index (χ4v) is 4.38. The summed E-state index contributed by atoms with van der Waals surface area (Å²) in [5, 5.41) is 15.8. The van der Waals surface area contributed by atoms with Crippen LogP contribution in [0.2, 0.25) is 5.02 Å². The normalized spacial score (nSPS) is 16.8. The second kappa shape index (κ2) is 10.2. The molecule has 2 N–H and O–H groups in total. The van der Waals surface area contributed by atoms with Gasteiger partial charge in [-0.1, -0.05) is 74.6 Å². The monoisotopic (exact) mass is 434 g/mol. The van der Waals surface area contributed by atoms with E-state index in [1.807, 2.05) is 26.0 Å². The number of carbonyl (C=O) groups is 2. The second-order valence-corrected chi connectivity index (χ2v) is 9.03. The molecular weight excluding hydrogens is 408 g/mol. The maximum atomic E-state index is 12.9. The summed E-state index contributed by atoms with van der Waals surface area (Å²) in [5.41, 5.74) is 0.886. The molecule has 1 aliphatic carbocycles. The standard InChI is InChI=1S/C21H27ClN4O2S/c1-3-13(2)17(23-18(27)14-7-5-4-6-8-14)19(28)24-21-26-25-20(29-21)15-9-11-16(22)12-10-15/h9-14,17H,3-8H2,1-2H3,(H,23,27)(H,24,26,28). The average molecular weight is 435 g/mol. The molecule has 29 heavy (non-hydrogen) atoms. The number of rotatable bonds is 7. The van der Waals surface area contributed by atoms with Crippen molar-refractivity contribution in [2.24, 2.45) is 11.8 Å². The van der Waals surface area contributed by atoms with Crippen molar-refractivity contribution >= 4 is 39.9 Å².